The van der Waals surface area contributed by atoms with Crippen LogP contribution < -0.4 is 14.8 Å². The molecular formula is C23H23N5O3. The van der Waals surface area contributed by atoms with E-state index in [4.69, 9.17) is 9.47 Å². The Labute approximate surface area is 179 Å². The summed E-state index contributed by atoms with van der Waals surface area (Å²) in [6, 6.07) is 20.8. The fourth-order valence-electron chi connectivity index (χ4n) is 3.08. The van der Waals surface area contributed by atoms with E-state index in [1.165, 1.54) is 0 Å². The fourth-order valence-corrected chi connectivity index (χ4v) is 3.08. The van der Waals surface area contributed by atoms with Crippen molar-refractivity contribution in [3.63, 3.8) is 0 Å². The molecule has 2 heterocycles. The summed E-state index contributed by atoms with van der Waals surface area (Å²) in [5.41, 5.74) is 2.48. The molecule has 2 aromatic heterocycles. The molecule has 0 aliphatic carbocycles. The van der Waals surface area contributed by atoms with Crippen LogP contribution in [-0.2, 0) is 11.2 Å². The van der Waals surface area contributed by atoms with Gasteiger partial charge in [0, 0.05) is 11.6 Å². The molecule has 0 atom stereocenters. The molecule has 0 spiro atoms. The van der Waals surface area contributed by atoms with Crippen LogP contribution >= 0.6 is 0 Å². The second-order valence-corrected chi connectivity index (χ2v) is 6.78. The van der Waals surface area contributed by atoms with Crippen molar-refractivity contribution in [2.75, 3.05) is 19.8 Å². The van der Waals surface area contributed by atoms with Crippen LogP contribution in [0.3, 0.4) is 0 Å². The van der Waals surface area contributed by atoms with E-state index in [-0.39, 0.29) is 5.91 Å². The van der Waals surface area contributed by atoms with E-state index >= 15 is 0 Å². The van der Waals surface area contributed by atoms with E-state index in [0.717, 1.165) is 16.9 Å². The van der Waals surface area contributed by atoms with Crippen LogP contribution in [0, 0.1) is 0 Å². The normalized spacial score (nSPS) is 10.7. The Hall–Kier alpha value is -3.94. The molecule has 8 heteroatoms. The van der Waals surface area contributed by atoms with Crippen molar-refractivity contribution in [2.45, 2.75) is 13.3 Å². The third-order valence-electron chi connectivity index (χ3n) is 4.54. The Bertz CT molecular complexity index is 1140. The summed E-state index contributed by atoms with van der Waals surface area (Å²) < 4.78 is 12.8. The summed E-state index contributed by atoms with van der Waals surface area (Å²) in [7, 11) is 0. The minimum atomic E-state index is -0.0682. The Morgan fingerprint density at radius 2 is 1.77 bits per heavy atom. The smallest absolute Gasteiger partial charge is 0.231 e. The average molecular weight is 417 g/mol. The zero-order chi connectivity index (χ0) is 21.5. The van der Waals surface area contributed by atoms with E-state index in [0.29, 0.717) is 43.5 Å². The summed E-state index contributed by atoms with van der Waals surface area (Å²) in [5.74, 6) is 1.81. The Balaban J connectivity index is 1.29. The molecule has 0 aliphatic heterocycles. The fraction of sp³-hybridized carbons (Fsp3) is 0.217. The molecule has 0 saturated heterocycles. The maximum atomic E-state index is 12.1. The number of rotatable bonds is 9. The van der Waals surface area contributed by atoms with Crippen molar-refractivity contribution in [1.29, 1.82) is 0 Å². The molecule has 1 amide bonds. The standard InChI is InChI=1S/C23H23N5O3/c1-2-30-19-10-8-17(9-11-19)16-21(29)24-14-15-31-22-13-12-20-25-26-23(28(20)27-22)18-6-4-3-5-7-18/h3-13H,2,14-16H2,1H3,(H,24,29). The van der Waals surface area contributed by atoms with Crippen LogP contribution in [0.1, 0.15) is 12.5 Å². The lowest BCUT2D eigenvalue weighted by Crippen LogP contribution is -2.29. The lowest BCUT2D eigenvalue weighted by molar-refractivity contribution is -0.120. The first-order valence-electron chi connectivity index (χ1n) is 10.1. The van der Waals surface area contributed by atoms with Crippen LogP contribution in [0.4, 0.5) is 0 Å². The van der Waals surface area contributed by atoms with Gasteiger partial charge in [0.1, 0.15) is 12.4 Å². The van der Waals surface area contributed by atoms with Gasteiger partial charge in [-0.05, 0) is 30.7 Å². The number of carbonyl (C=O) groups is 1. The van der Waals surface area contributed by atoms with Gasteiger partial charge in [0.2, 0.25) is 11.8 Å². The SMILES string of the molecule is CCOc1ccc(CC(=O)NCCOc2ccc3nnc(-c4ccccc4)n3n2)cc1. The van der Waals surface area contributed by atoms with Crippen LogP contribution in [0.15, 0.2) is 66.7 Å². The van der Waals surface area contributed by atoms with Crippen LogP contribution in [0.25, 0.3) is 17.0 Å². The summed E-state index contributed by atoms with van der Waals surface area (Å²) in [4.78, 5) is 12.1. The lowest BCUT2D eigenvalue weighted by atomic mass is 10.1. The molecule has 0 unspecified atom stereocenters. The molecular weight excluding hydrogens is 394 g/mol. The van der Waals surface area contributed by atoms with Gasteiger partial charge < -0.3 is 14.8 Å². The van der Waals surface area contributed by atoms with E-state index in [9.17, 15) is 4.79 Å². The number of hydrogen-bond donors (Lipinski definition) is 1. The molecule has 0 fully saturated rings. The molecule has 8 nitrogen and oxygen atoms in total. The van der Waals surface area contributed by atoms with Gasteiger partial charge in [-0.2, -0.15) is 4.52 Å². The van der Waals surface area contributed by atoms with Crippen LogP contribution in [-0.4, -0.2) is 45.5 Å². The van der Waals surface area contributed by atoms with Crippen molar-refractivity contribution < 1.29 is 14.3 Å². The number of benzene rings is 2. The number of aromatic nitrogens is 4. The molecule has 0 aliphatic rings. The number of nitrogens with zero attached hydrogens (tertiary/aromatic N) is 4. The molecule has 2 aromatic carbocycles. The first-order chi connectivity index (χ1) is 15.2. The molecule has 0 bridgehead atoms. The predicted octanol–water partition coefficient (Wildman–Crippen LogP) is 2.93. The molecule has 1 N–H and O–H groups in total. The minimum Gasteiger partial charge on any atom is -0.494 e. The van der Waals surface area contributed by atoms with Gasteiger partial charge in [-0.25, -0.2) is 0 Å². The molecule has 31 heavy (non-hydrogen) atoms. The van der Waals surface area contributed by atoms with Crippen molar-refractivity contribution in [3.8, 4) is 23.0 Å². The highest BCUT2D eigenvalue weighted by Gasteiger charge is 2.10. The molecule has 158 valence electrons. The van der Waals surface area contributed by atoms with E-state index in [1.54, 1.807) is 16.6 Å². The highest BCUT2D eigenvalue weighted by molar-refractivity contribution is 5.78. The van der Waals surface area contributed by atoms with E-state index < -0.39 is 0 Å². The van der Waals surface area contributed by atoms with E-state index in [1.807, 2.05) is 61.5 Å². The van der Waals surface area contributed by atoms with Gasteiger partial charge in [-0.3, -0.25) is 4.79 Å². The summed E-state index contributed by atoms with van der Waals surface area (Å²) in [6.07, 6.45) is 0.303. The van der Waals surface area contributed by atoms with Crippen molar-refractivity contribution in [3.05, 3.63) is 72.3 Å². The monoisotopic (exact) mass is 417 g/mol. The van der Waals surface area contributed by atoms with Crippen molar-refractivity contribution in [2.24, 2.45) is 0 Å². The second-order valence-electron chi connectivity index (χ2n) is 6.78. The first-order valence-corrected chi connectivity index (χ1v) is 10.1. The molecule has 0 radical (unpaired) electrons. The number of ether oxygens (including phenoxy) is 2. The number of fused-ring (bicyclic) bond motifs is 1. The molecule has 0 saturated carbocycles. The number of nitrogens with one attached hydrogen (secondary N) is 1. The quantitative estimate of drug-likeness (QED) is 0.421. The van der Waals surface area contributed by atoms with Crippen molar-refractivity contribution in [1.82, 2.24) is 25.1 Å². The summed E-state index contributed by atoms with van der Waals surface area (Å²) >= 11 is 0. The highest BCUT2D eigenvalue weighted by atomic mass is 16.5. The Morgan fingerprint density at radius 1 is 0.968 bits per heavy atom. The Kier molecular flexibility index (Phi) is 6.37. The minimum absolute atomic E-state index is 0.0682. The summed E-state index contributed by atoms with van der Waals surface area (Å²) in [5, 5.41) is 15.7. The second kappa shape index (κ2) is 9.71. The first kappa shape index (κ1) is 20.3. The van der Waals surface area contributed by atoms with Gasteiger partial charge in [0.15, 0.2) is 11.5 Å². The highest BCUT2D eigenvalue weighted by Crippen LogP contribution is 2.18. The predicted molar refractivity (Wildman–Crippen MR) is 116 cm³/mol. The average Bonchev–Trinajstić information content (AvgIpc) is 3.22. The van der Waals surface area contributed by atoms with Crippen molar-refractivity contribution >= 4 is 11.6 Å². The number of carbonyl (C=O) groups excluding carboxylic acids is 1. The maximum Gasteiger partial charge on any atom is 0.231 e. The lowest BCUT2D eigenvalue weighted by Gasteiger charge is -2.08. The molecule has 4 rings (SSSR count). The van der Waals surface area contributed by atoms with Gasteiger partial charge in [-0.1, -0.05) is 42.5 Å². The van der Waals surface area contributed by atoms with Gasteiger partial charge >= 0.3 is 0 Å². The van der Waals surface area contributed by atoms with Gasteiger partial charge in [0.05, 0.1) is 19.6 Å². The Morgan fingerprint density at radius 3 is 2.55 bits per heavy atom. The number of hydrogen-bond acceptors (Lipinski definition) is 6. The van der Waals surface area contributed by atoms with Crippen LogP contribution in [0.2, 0.25) is 0 Å². The van der Waals surface area contributed by atoms with Gasteiger partial charge in [0.25, 0.3) is 0 Å². The third-order valence-corrected chi connectivity index (χ3v) is 4.54. The molecule has 4 aromatic rings. The van der Waals surface area contributed by atoms with Crippen LogP contribution in [0.5, 0.6) is 11.6 Å². The van der Waals surface area contributed by atoms with E-state index in [2.05, 4.69) is 20.6 Å². The zero-order valence-corrected chi connectivity index (χ0v) is 17.2. The topological polar surface area (TPSA) is 90.6 Å². The van der Waals surface area contributed by atoms with Gasteiger partial charge in [-0.15, -0.1) is 15.3 Å². The number of amides is 1. The largest absolute Gasteiger partial charge is 0.494 e. The maximum absolute atomic E-state index is 12.1. The third kappa shape index (κ3) is 5.16. The zero-order valence-electron chi connectivity index (χ0n) is 17.2. The summed E-state index contributed by atoms with van der Waals surface area (Å²) in [6.45, 7) is 3.23.